The van der Waals surface area contributed by atoms with Crippen LogP contribution in [0.4, 0.5) is 0 Å². The Morgan fingerprint density at radius 3 is 2.47 bits per heavy atom. The van der Waals surface area contributed by atoms with Crippen LogP contribution in [0.3, 0.4) is 0 Å². The van der Waals surface area contributed by atoms with Gasteiger partial charge < -0.3 is 5.11 Å². The predicted octanol–water partition coefficient (Wildman–Crippen LogP) is 1.69. The first-order valence-corrected chi connectivity index (χ1v) is 4.97. The molecule has 0 atom stereocenters. The number of carbonyl (C=O) groups is 2. The Labute approximate surface area is 97.3 Å². The molecule has 1 aromatic heterocycles. The number of nitrogens with zero attached hydrogens (tertiary/aromatic N) is 2. The van der Waals surface area contributed by atoms with Gasteiger partial charge in [-0.2, -0.15) is 5.10 Å². The molecule has 0 fully saturated rings. The third kappa shape index (κ3) is 2.08. The van der Waals surface area contributed by atoms with E-state index in [9.17, 15) is 9.59 Å². The van der Waals surface area contributed by atoms with Crippen LogP contribution in [-0.2, 0) is 0 Å². The highest BCUT2D eigenvalue weighted by Crippen LogP contribution is 2.12. The van der Waals surface area contributed by atoms with Crippen LogP contribution in [-0.4, -0.2) is 27.1 Å². The zero-order valence-electron chi connectivity index (χ0n) is 9.12. The number of carboxylic acid groups (broad SMARTS) is 1. The van der Waals surface area contributed by atoms with E-state index in [1.54, 1.807) is 31.2 Å². The molecular formula is C12H10N2O3. The fourth-order valence-corrected chi connectivity index (χ4v) is 1.53. The molecule has 1 aromatic carbocycles. The second kappa shape index (κ2) is 4.21. The topological polar surface area (TPSA) is 72.2 Å². The van der Waals surface area contributed by atoms with E-state index in [1.165, 1.54) is 10.7 Å². The first-order valence-electron chi connectivity index (χ1n) is 4.97. The van der Waals surface area contributed by atoms with Crippen molar-refractivity contribution in [2.75, 3.05) is 0 Å². The van der Waals surface area contributed by atoms with Crippen LogP contribution in [0, 0.1) is 6.92 Å². The molecule has 1 heterocycles. The highest BCUT2D eigenvalue weighted by Gasteiger charge is 2.11. The summed E-state index contributed by atoms with van der Waals surface area (Å²) in [4.78, 5) is 21.3. The van der Waals surface area contributed by atoms with E-state index >= 15 is 0 Å². The van der Waals surface area contributed by atoms with Crippen molar-refractivity contribution < 1.29 is 14.7 Å². The van der Waals surface area contributed by atoms with Gasteiger partial charge in [0.25, 0.3) is 0 Å². The lowest BCUT2D eigenvalue weighted by Crippen LogP contribution is -2.02. The SMILES string of the molecule is Cc1cc(C(=O)O)nn1-c1ccc(C=O)cc1. The fourth-order valence-electron chi connectivity index (χ4n) is 1.53. The summed E-state index contributed by atoms with van der Waals surface area (Å²) in [7, 11) is 0. The average molecular weight is 230 g/mol. The second-order valence-corrected chi connectivity index (χ2v) is 3.60. The number of hydrogen-bond acceptors (Lipinski definition) is 3. The molecule has 0 unspecified atom stereocenters. The maximum atomic E-state index is 10.8. The van der Waals surface area contributed by atoms with Crippen molar-refractivity contribution in [1.29, 1.82) is 0 Å². The number of carboxylic acids is 1. The Hall–Kier alpha value is -2.43. The minimum atomic E-state index is -1.06. The molecule has 0 aliphatic rings. The van der Waals surface area contributed by atoms with Crippen molar-refractivity contribution in [1.82, 2.24) is 9.78 Å². The van der Waals surface area contributed by atoms with Crippen LogP contribution >= 0.6 is 0 Å². The Balaban J connectivity index is 2.44. The number of aromatic carboxylic acids is 1. The first-order chi connectivity index (χ1) is 8.11. The third-order valence-electron chi connectivity index (χ3n) is 2.38. The lowest BCUT2D eigenvalue weighted by Gasteiger charge is -2.03. The first kappa shape index (κ1) is 11.1. The summed E-state index contributed by atoms with van der Waals surface area (Å²) in [6.45, 7) is 1.77. The van der Waals surface area contributed by atoms with E-state index < -0.39 is 5.97 Å². The summed E-state index contributed by atoms with van der Waals surface area (Å²) in [6.07, 6.45) is 0.752. The summed E-state index contributed by atoms with van der Waals surface area (Å²) < 4.78 is 1.53. The van der Waals surface area contributed by atoms with Crippen molar-refractivity contribution in [3.8, 4) is 5.69 Å². The van der Waals surface area contributed by atoms with Gasteiger partial charge in [0.05, 0.1) is 5.69 Å². The van der Waals surface area contributed by atoms with E-state index in [-0.39, 0.29) is 5.69 Å². The number of aldehydes is 1. The smallest absolute Gasteiger partial charge is 0.356 e. The van der Waals surface area contributed by atoms with Crippen LogP contribution in [0.15, 0.2) is 30.3 Å². The third-order valence-corrected chi connectivity index (χ3v) is 2.38. The number of rotatable bonds is 3. The van der Waals surface area contributed by atoms with Crippen molar-refractivity contribution in [2.24, 2.45) is 0 Å². The van der Waals surface area contributed by atoms with Gasteiger partial charge in [0.15, 0.2) is 5.69 Å². The lowest BCUT2D eigenvalue weighted by atomic mass is 10.2. The molecule has 0 saturated carbocycles. The Kier molecular flexibility index (Phi) is 2.74. The van der Waals surface area contributed by atoms with Gasteiger partial charge in [-0.05, 0) is 37.3 Å². The molecule has 1 N–H and O–H groups in total. The van der Waals surface area contributed by atoms with Gasteiger partial charge >= 0.3 is 5.97 Å². The zero-order valence-corrected chi connectivity index (χ0v) is 9.12. The Bertz CT molecular complexity index is 570. The molecule has 17 heavy (non-hydrogen) atoms. The zero-order chi connectivity index (χ0) is 12.4. The van der Waals surface area contributed by atoms with E-state index in [1.807, 2.05) is 0 Å². The fraction of sp³-hybridized carbons (Fsp3) is 0.0833. The molecule has 0 saturated heterocycles. The van der Waals surface area contributed by atoms with Crippen LogP contribution < -0.4 is 0 Å². The predicted molar refractivity (Wildman–Crippen MR) is 60.6 cm³/mol. The molecule has 0 spiro atoms. The van der Waals surface area contributed by atoms with Gasteiger partial charge in [0.1, 0.15) is 6.29 Å². The standard InChI is InChI=1S/C12H10N2O3/c1-8-6-11(12(16)17)13-14(8)10-4-2-9(7-15)3-5-10/h2-7H,1H3,(H,16,17). The minimum Gasteiger partial charge on any atom is -0.476 e. The molecule has 5 heteroatoms. The van der Waals surface area contributed by atoms with Crippen molar-refractivity contribution in [3.63, 3.8) is 0 Å². The van der Waals surface area contributed by atoms with Gasteiger partial charge in [-0.1, -0.05) is 0 Å². The highest BCUT2D eigenvalue weighted by molar-refractivity contribution is 5.85. The van der Waals surface area contributed by atoms with E-state index in [0.29, 0.717) is 5.56 Å². The summed E-state index contributed by atoms with van der Waals surface area (Å²) in [5.74, 6) is -1.06. The molecule has 0 aliphatic heterocycles. The van der Waals surface area contributed by atoms with E-state index in [4.69, 9.17) is 5.11 Å². The number of hydrogen-bond donors (Lipinski definition) is 1. The number of carbonyl (C=O) groups excluding carboxylic acids is 1. The molecule has 0 aliphatic carbocycles. The number of aryl methyl sites for hydroxylation is 1. The van der Waals surface area contributed by atoms with E-state index in [2.05, 4.69) is 5.10 Å². The normalized spacial score (nSPS) is 10.2. The van der Waals surface area contributed by atoms with Crippen LogP contribution in [0.25, 0.3) is 5.69 Å². The monoisotopic (exact) mass is 230 g/mol. The molecule has 86 valence electrons. The van der Waals surface area contributed by atoms with E-state index in [0.717, 1.165) is 17.7 Å². The molecule has 0 amide bonds. The van der Waals surface area contributed by atoms with Gasteiger partial charge in [0.2, 0.25) is 0 Å². The van der Waals surface area contributed by atoms with Gasteiger partial charge in [-0.25, -0.2) is 9.48 Å². The van der Waals surface area contributed by atoms with Gasteiger partial charge in [-0.15, -0.1) is 0 Å². The molecular weight excluding hydrogens is 220 g/mol. The summed E-state index contributed by atoms with van der Waals surface area (Å²) >= 11 is 0. The molecule has 2 aromatic rings. The van der Waals surface area contributed by atoms with Crippen molar-refractivity contribution in [2.45, 2.75) is 6.92 Å². The number of benzene rings is 1. The lowest BCUT2D eigenvalue weighted by molar-refractivity contribution is 0.0690. The minimum absolute atomic E-state index is 0.00182. The van der Waals surface area contributed by atoms with Crippen molar-refractivity contribution in [3.05, 3.63) is 47.3 Å². The van der Waals surface area contributed by atoms with Gasteiger partial charge in [-0.3, -0.25) is 4.79 Å². The summed E-state index contributed by atoms with van der Waals surface area (Å²) in [6, 6.07) is 8.24. The maximum absolute atomic E-state index is 10.8. The molecule has 0 bridgehead atoms. The Morgan fingerprint density at radius 2 is 2.00 bits per heavy atom. The summed E-state index contributed by atoms with van der Waals surface area (Å²) in [5.41, 5.74) is 2.01. The number of aromatic nitrogens is 2. The quantitative estimate of drug-likeness (QED) is 0.814. The average Bonchev–Trinajstić information content (AvgIpc) is 2.72. The molecule has 5 nitrogen and oxygen atoms in total. The highest BCUT2D eigenvalue weighted by atomic mass is 16.4. The molecule has 0 radical (unpaired) electrons. The van der Waals surface area contributed by atoms with Crippen LogP contribution in [0.2, 0.25) is 0 Å². The second-order valence-electron chi connectivity index (χ2n) is 3.60. The summed E-state index contributed by atoms with van der Waals surface area (Å²) in [5, 5.41) is 12.8. The Morgan fingerprint density at radius 1 is 1.35 bits per heavy atom. The van der Waals surface area contributed by atoms with Gasteiger partial charge in [0, 0.05) is 11.3 Å². The van der Waals surface area contributed by atoms with Crippen LogP contribution in [0.5, 0.6) is 0 Å². The molecule has 2 rings (SSSR count). The maximum Gasteiger partial charge on any atom is 0.356 e. The van der Waals surface area contributed by atoms with Crippen molar-refractivity contribution >= 4 is 12.3 Å². The van der Waals surface area contributed by atoms with Crippen LogP contribution in [0.1, 0.15) is 26.5 Å². The largest absolute Gasteiger partial charge is 0.476 e.